The normalized spacial score (nSPS) is 20.6. The minimum absolute atomic E-state index is 0.289. The summed E-state index contributed by atoms with van der Waals surface area (Å²) in [5.41, 5.74) is 1.45. The Morgan fingerprint density at radius 2 is 2.00 bits per heavy atom. The second-order valence-corrected chi connectivity index (χ2v) is 6.41. The highest BCUT2D eigenvalue weighted by Crippen LogP contribution is 2.48. The maximum absolute atomic E-state index is 6.38. The van der Waals surface area contributed by atoms with Gasteiger partial charge in [-0.2, -0.15) is 5.10 Å². The monoisotopic (exact) mass is 269 g/mol. The van der Waals surface area contributed by atoms with E-state index in [9.17, 15) is 0 Å². The van der Waals surface area contributed by atoms with Gasteiger partial charge in [-0.25, -0.2) is 0 Å². The van der Waals surface area contributed by atoms with Crippen molar-refractivity contribution in [2.45, 2.75) is 58.5 Å². The highest BCUT2D eigenvalue weighted by molar-refractivity contribution is 6.31. The summed E-state index contributed by atoms with van der Waals surface area (Å²) in [7, 11) is 2.03. The van der Waals surface area contributed by atoms with Crippen LogP contribution in [0.1, 0.15) is 64.2 Å². The second kappa shape index (κ2) is 5.22. The number of rotatable bonds is 4. The molecule has 1 N–H and O–H groups in total. The Bertz CT molecular complexity index is 405. The van der Waals surface area contributed by atoms with Crippen LogP contribution < -0.4 is 5.32 Å². The van der Waals surface area contributed by atoms with Crippen molar-refractivity contribution in [3.05, 3.63) is 16.9 Å². The van der Waals surface area contributed by atoms with E-state index in [0.717, 1.165) is 10.7 Å². The summed E-state index contributed by atoms with van der Waals surface area (Å²) in [6, 6.07) is 0.630. The van der Waals surface area contributed by atoms with Crippen molar-refractivity contribution in [3.63, 3.8) is 0 Å². The number of aromatic nitrogens is 2. The lowest BCUT2D eigenvalue weighted by molar-refractivity contribution is 0.220. The topological polar surface area (TPSA) is 29.9 Å². The Hall–Kier alpha value is -0.540. The molecule has 0 amide bonds. The van der Waals surface area contributed by atoms with E-state index in [1.165, 1.54) is 25.7 Å². The zero-order valence-electron chi connectivity index (χ0n) is 11.8. The van der Waals surface area contributed by atoms with E-state index in [2.05, 4.69) is 35.9 Å². The SMILES string of the molecule is CNC(c1c(Cl)cnn1C(C)C)C1(C)CCCC1. The first kappa shape index (κ1) is 13.9. The molecule has 0 spiro atoms. The van der Waals surface area contributed by atoms with Crippen LogP contribution in [0.25, 0.3) is 0 Å². The second-order valence-electron chi connectivity index (χ2n) is 6.00. The Labute approximate surface area is 115 Å². The standard InChI is InChI=1S/C14H24ClN3/c1-10(2)18-12(11(15)9-17-18)13(16-4)14(3)7-5-6-8-14/h9-10,13,16H,5-8H2,1-4H3. The fourth-order valence-corrected chi connectivity index (χ4v) is 3.56. The summed E-state index contributed by atoms with van der Waals surface area (Å²) in [5.74, 6) is 0. The molecule has 0 aliphatic heterocycles. The first-order valence-electron chi connectivity index (χ1n) is 6.90. The molecule has 1 fully saturated rings. The van der Waals surface area contributed by atoms with Crippen LogP contribution in [0.15, 0.2) is 6.20 Å². The van der Waals surface area contributed by atoms with Crippen LogP contribution in [0.5, 0.6) is 0 Å². The summed E-state index contributed by atoms with van der Waals surface area (Å²) in [4.78, 5) is 0. The third kappa shape index (κ3) is 2.30. The van der Waals surface area contributed by atoms with Gasteiger partial charge in [0.1, 0.15) is 0 Å². The fraction of sp³-hybridized carbons (Fsp3) is 0.786. The molecular formula is C14H24ClN3. The Morgan fingerprint density at radius 3 is 2.50 bits per heavy atom. The van der Waals surface area contributed by atoms with Crippen LogP contribution in [0.4, 0.5) is 0 Å². The van der Waals surface area contributed by atoms with E-state index in [4.69, 9.17) is 11.6 Å². The molecule has 4 heteroatoms. The lowest BCUT2D eigenvalue weighted by atomic mass is 9.79. The summed E-state index contributed by atoms with van der Waals surface area (Å²) < 4.78 is 2.06. The molecule has 1 aliphatic carbocycles. The van der Waals surface area contributed by atoms with E-state index in [1.54, 1.807) is 6.20 Å². The van der Waals surface area contributed by atoms with Gasteiger partial charge >= 0.3 is 0 Å². The molecule has 18 heavy (non-hydrogen) atoms. The molecule has 1 aliphatic rings. The Kier molecular flexibility index (Phi) is 4.02. The molecule has 0 aromatic carbocycles. The lowest BCUT2D eigenvalue weighted by Crippen LogP contribution is -2.34. The van der Waals surface area contributed by atoms with Crippen molar-refractivity contribution >= 4 is 11.6 Å². The molecule has 1 atom stereocenters. The van der Waals surface area contributed by atoms with Crippen LogP contribution >= 0.6 is 11.6 Å². The molecule has 1 aromatic heterocycles. The van der Waals surface area contributed by atoms with Gasteiger partial charge < -0.3 is 5.32 Å². The van der Waals surface area contributed by atoms with Crippen LogP contribution in [-0.4, -0.2) is 16.8 Å². The Balaban J connectivity index is 2.41. The molecule has 1 unspecified atom stereocenters. The average molecular weight is 270 g/mol. The van der Waals surface area contributed by atoms with Gasteiger partial charge in [-0.15, -0.1) is 0 Å². The maximum atomic E-state index is 6.38. The molecule has 1 aromatic rings. The summed E-state index contributed by atoms with van der Waals surface area (Å²) in [6.45, 7) is 6.67. The van der Waals surface area contributed by atoms with Gasteiger partial charge in [0.05, 0.1) is 23.0 Å². The molecule has 0 saturated heterocycles. The summed E-state index contributed by atoms with van der Waals surface area (Å²) in [5, 5.41) is 8.70. The number of hydrogen-bond donors (Lipinski definition) is 1. The van der Waals surface area contributed by atoms with Gasteiger partial charge in [-0.3, -0.25) is 4.68 Å². The third-order valence-electron chi connectivity index (χ3n) is 4.28. The van der Waals surface area contributed by atoms with Crippen molar-refractivity contribution in [3.8, 4) is 0 Å². The molecule has 3 nitrogen and oxygen atoms in total. The lowest BCUT2D eigenvalue weighted by Gasteiger charge is -2.35. The Morgan fingerprint density at radius 1 is 1.39 bits per heavy atom. The summed E-state index contributed by atoms with van der Waals surface area (Å²) in [6.07, 6.45) is 6.94. The van der Waals surface area contributed by atoms with Crippen LogP contribution in [0.3, 0.4) is 0 Å². The van der Waals surface area contributed by atoms with Gasteiger partial charge in [-0.05, 0) is 39.2 Å². The number of hydrogen-bond acceptors (Lipinski definition) is 2. The summed E-state index contributed by atoms with van der Waals surface area (Å²) >= 11 is 6.38. The first-order valence-corrected chi connectivity index (χ1v) is 7.27. The molecular weight excluding hydrogens is 246 g/mol. The van der Waals surface area contributed by atoms with Gasteiger partial charge in [0, 0.05) is 6.04 Å². The average Bonchev–Trinajstić information content (AvgIpc) is 2.89. The van der Waals surface area contributed by atoms with Gasteiger partial charge in [0.25, 0.3) is 0 Å². The smallest absolute Gasteiger partial charge is 0.0834 e. The fourth-order valence-electron chi connectivity index (χ4n) is 3.32. The predicted molar refractivity (Wildman–Crippen MR) is 76.0 cm³/mol. The maximum Gasteiger partial charge on any atom is 0.0834 e. The van der Waals surface area contributed by atoms with Crippen LogP contribution in [0.2, 0.25) is 5.02 Å². The van der Waals surface area contributed by atoms with Gasteiger partial charge in [0.15, 0.2) is 0 Å². The zero-order valence-corrected chi connectivity index (χ0v) is 12.6. The van der Waals surface area contributed by atoms with Gasteiger partial charge in [0.2, 0.25) is 0 Å². The predicted octanol–water partition coefficient (Wildman–Crippen LogP) is 3.96. The minimum atomic E-state index is 0.289. The van der Waals surface area contributed by atoms with Crippen molar-refractivity contribution in [1.82, 2.24) is 15.1 Å². The van der Waals surface area contributed by atoms with Crippen LogP contribution in [-0.2, 0) is 0 Å². The van der Waals surface area contributed by atoms with Crippen molar-refractivity contribution in [2.24, 2.45) is 5.41 Å². The minimum Gasteiger partial charge on any atom is -0.311 e. The molecule has 1 saturated carbocycles. The highest BCUT2D eigenvalue weighted by atomic mass is 35.5. The molecule has 1 heterocycles. The molecule has 0 bridgehead atoms. The van der Waals surface area contributed by atoms with Gasteiger partial charge in [-0.1, -0.05) is 31.4 Å². The van der Waals surface area contributed by atoms with E-state index >= 15 is 0 Å². The van der Waals surface area contributed by atoms with Crippen molar-refractivity contribution in [1.29, 1.82) is 0 Å². The van der Waals surface area contributed by atoms with Crippen LogP contribution in [0, 0.1) is 5.41 Å². The zero-order chi connectivity index (χ0) is 13.3. The first-order chi connectivity index (χ1) is 8.49. The number of nitrogens with one attached hydrogen (secondary N) is 1. The molecule has 102 valence electrons. The quantitative estimate of drug-likeness (QED) is 0.897. The molecule has 0 radical (unpaired) electrons. The largest absolute Gasteiger partial charge is 0.311 e. The van der Waals surface area contributed by atoms with Crippen molar-refractivity contribution < 1.29 is 0 Å². The number of nitrogens with zero attached hydrogens (tertiary/aromatic N) is 2. The molecule has 2 rings (SSSR count). The van der Waals surface area contributed by atoms with Crippen molar-refractivity contribution in [2.75, 3.05) is 7.05 Å². The highest BCUT2D eigenvalue weighted by Gasteiger charge is 2.39. The number of halogens is 1. The van der Waals surface area contributed by atoms with E-state index in [1.807, 2.05) is 7.05 Å². The van der Waals surface area contributed by atoms with E-state index in [0.29, 0.717) is 11.5 Å². The van der Waals surface area contributed by atoms with E-state index < -0.39 is 0 Å². The third-order valence-corrected chi connectivity index (χ3v) is 4.57. The van der Waals surface area contributed by atoms with E-state index in [-0.39, 0.29) is 6.04 Å².